The average Bonchev–Trinajstić information content (AvgIpc) is 2.66. The summed E-state index contributed by atoms with van der Waals surface area (Å²) in [6, 6.07) is 0. The third-order valence-corrected chi connectivity index (χ3v) is 11.1. The van der Waals surface area contributed by atoms with Gasteiger partial charge in [0.25, 0.3) is 0 Å². The maximum atomic E-state index is 9.48. The zero-order valence-corrected chi connectivity index (χ0v) is 22.8. The minimum absolute atomic E-state index is 0.127. The zero-order chi connectivity index (χ0) is 22.9. The van der Waals surface area contributed by atoms with E-state index >= 15 is 0 Å². The maximum Gasteiger partial charge on any atom is 0.238 e. The molecule has 4 heteroatoms. The second-order valence-corrected chi connectivity index (χ2v) is 15.9. The van der Waals surface area contributed by atoms with Crippen LogP contribution >= 0.6 is 0 Å². The molecule has 0 aromatic heterocycles. The Balaban J connectivity index is 3.81. The molecular formula is C26H56O3Si. The van der Waals surface area contributed by atoms with Gasteiger partial charge in [-0.3, -0.25) is 4.58 Å². The fraction of sp³-hybridized carbons (Fsp3) is 1.00. The van der Waals surface area contributed by atoms with E-state index < -0.39 is 8.32 Å². The zero-order valence-electron chi connectivity index (χ0n) is 21.8. The van der Waals surface area contributed by atoms with Crippen LogP contribution in [0.25, 0.3) is 0 Å². The molecule has 0 aliphatic heterocycles. The van der Waals surface area contributed by atoms with E-state index in [2.05, 4.69) is 47.7 Å². The molecule has 0 saturated heterocycles. The van der Waals surface area contributed by atoms with Gasteiger partial charge < -0.3 is 5.11 Å². The van der Waals surface area contributed by atoms with E-state index in [0.29, 0.717) is 6.42 Å². The number of hydrogen-bond acceptors (Lipinski definition) is 3. The number of aliphatic hydroxyl groups excluding tert-OH is 1. The van der Waals surface area contributed by atoms with E-state index in [9.17, 15) is 5.11 Å². The van der Waals surface area contributed by atoms with Gasteiger partial charge >= 0.3 is 0 Å². The number of hydrogen-bond donors (Lipinski definition) is 1. The van der Waals surface area contributed by atoms with Crippen LogP contribution in [0.1, 0.15) is 137 Å². The Bertz CT molecular complexity index is 392. The quantitative estimate of drug-likeness (QED) is 0.0881. The highest BCUT2D eigenvalue weighted by Gasteiger charge is 2.41. The van der Waals surface area contributed by atoms with Gasteiger partial charge in [0.15, 0.2) is 0 Å². The van der Waals surface area contributed by atoms with Gasteiger partial charge in [0.2, 0.25) is 8.32 Å². The molecule has 0 aliphatic carbocycles. The fourth-order valence-electron chi connectivity index (χ4n) is 3.47. The predicted molar refractivity (Wildman–Crippen MR) is 134 cm³/mol. The Hall–Kier alpha value is 0.0969. The molecule has 0 radical (unpaired) electrons. The lowest BCUT2D eigenvalue weighted by molar-refractivity contribution is -0.304. The lowest BCUT2D eigenvalue weighted by Gasteiger charge is -2.38. The predicted octanol–water partition coefficient (Wildman–Crippen LogP) is 8.95. The molecule has 1 atom stereocenters. The van der Waals surface area contributed by atoms with Gasteiger partial charge in [0.05, 0.1) is 0 Å². The molecule has 0 saturated carbocycles. The Morgan fingerprint density at radius 2 is 1.03 bits per heavy atom. The van der Waals surface area contributed by atoms with Crippen molar-refractivity contribution in [1.29, 1.82) is 0 Å². The maximum absolute atomic E-state index is 9.48. The van der Waals surface area contributed by atoms with Crippen molar-refractivity contribution in [2.75, 3.05) is 6.61 Å². The summed E-state index contributed by atoms with van der Waals surface area (Å²) in [5, 5.41) is 9.61. The van der Waals surface area contributed by atoms with E-state index in [1.807, 2.05) is 0 Å². The summed E-state index contributed by atoms with van der Waals surface area (Å²) in [6.07, 6.45) is 20.8. The van der Waals surface area contributed by atoms with E-state index in [1.54, 1.807) is 0 Å². The topological polar surface area (TPSA) is 38.7 Å². The average molecular weight is 445 g/mol. The van der Waals surface area contributed by atoms with Crippen LogP contribution < -0.4 is 0 Å². The van der Waals surface area contributed by atoms with E-state index in [0.717, 1.165) is 12.8 Å². The van der Waals surface area contributed by atoms with Crippen LogP contribution in [0.4, 0.5) is 0 Å². The first-order chi connectivity index (χ1) is 14.1. The monoisotopic (exact) mass is 444 g/mol. The minimum Gasteiger partial charge on any atom is -0.396 e. The highest BCUT2D eigenvalue weighted by molar-refractivity contribution is 6.73. The van der Waals surface area contributed by atoms with Crippen LogP contribution in [0, 0.1) is 0 Å². The van der Waals surface area contributed by atoms with Gasteiger partial charge in [-0.25, -0.2) is 4.89 Å². The van der Waals surface area contributed by atoms with Crippen molar-refractivity contribution < 1.29 is 14.6 Å². The smallest absolute Gasteiger partial charge is 0.238 e. The summed E-state index contributed by atoms with van der Waals surface area (Å²) in [5.41, 5.74) is -0.374. The van der Waals surface area contributed by atoms with Crippen molar-refractivity contribution in [3.05, 3.63) is 0 Å². The van der Waals surface area contributed by atoms with Gasteiger partial charge in [-0.15, -0.1) is 0 Å². The van der Waals surface area contributed by atoms with Crippen LogP contribution in [0.2, 0.25) is 18.1 Å². The summed E-state index contributed by atoms with van der Waals surface area (Å²) in [5.74, 6) is 0. The largest absolute Gasteiger partial charge is 0.396 e. The Kier molecular flexibility index (Phi) is 16.7. The van der Waals surface area contributed by atoms with Gasteiger partial charge in [-0.1, -0.05) is 118 Å². The summed E-state index contributed by atoms with van der Waals surface area (Å²) in [6.45, 7) is 15.6. The molecule has 3 nitrogen and oxygen atoms in total. The van der Waals surface area contributed by atoms with E-state index in [4.69, 9.17) is 9.46 Å². The van der Waals surface area contributed by atoms with Gasteiger partial charge in [-0.2, -0.15) is 0 Å². The summed E-state index contributed by atoms with van der Waals surface area (Å²) in [7, 11) is -1.94. The van der Waals surface area contributed by atoms with Crippen LogP contribution in [-0.4, -0.2) is 25.6 Å². The first-order valence-corrected chi connectivity index (χ1v) is 16.0. The standard InChI is InChI=1S/C26H56O3Si/c1-8-9-10-11-12-13-14-15-16-17-18-19-20-21-22-26(5,23-24-27)28-29-30(6,7)25(2,3)4/h27H,8-24H2,1-7H3. The molecule has 0 fully saturated rings. The first kappa shape index (κ1) is 30.1. The van der Waals surface area contributed by atoms with Crippen molar-refractivity contribution in [1.82, 2.24) is 0 Å². The normalized spacial score (nSPS) is 14.8. The van der Waals surface area contributed by atoms with Gasteiger partial charge in [-0.05, 0) is 31.5 Å². The Morgan fingerprint density at radius 3 is 1.40 bits per heavy atom. The molecule has 1 N–H and O–H groups in total. The summed E-state index contributed by atoms with van der Waals surface area (Å²) >= 11 is 0. The van der Waals surface area contributed by atoms with Crippen LogP contribution in [-0.2, 0) is 9.46 Å². The molecule has 0 aromatic rings. The fourth-order valence-corrected chi connectivity index (χ4v) is 4.13. The van der Waals surface area contributed by atoms with Gasteiger partial charge in [0, 0.05) is 13.0 Å². The second-order valence-electron chi connectivity index (χ2n) is 11.2. The Labute approximate surface area is 190 Å². The molecule has 0 heterocycles. The number of unbranched alkanes of at least 4 members (excludes halogenated alkanes) is 13. The van der Waals surface area contributed by atoms with Gasteiger partial charge in [0.1, 0.15) is 5.60 Å². The van der Waals surface area contributed by atoms with Crippen LogP contribution in [0.5, 0.6) is 0 Å². The van der Waals surface area contributed by atoms with Crippen molar-refractivity contribution in [3.8, 4) is 0 Å². The summed E-state index contributed by atoms with van der Waals surface area (Å²) < 4.78 is 6.01. The molecule has 0 aliphatic rings. The molecule has 0 spiro atoms. The lowest BCUT2D eigenvalue weighted by Crippen LogP contribution is -2.44. The highest BCUT2D eigenvalue weighted by Crippen LogP contribution is 2.38. The van der Waals surface area contributed by atoms with Crippen molar-refractivity contribution >= 4 is 8.32 Å². The first-order valence-electron chi connectivity index (χ1n) is 13.1. The van der Waals surface area contributed by atoms with Crippen molar-refractivity contribution in [2.24, 2.45) is 0 Å². The van der Waals surface area contributed by atoms with Crippen molar-refractivity contribution in [3.63, 3.8) is 0 Å². The molecule has 0 rings (SSSR count). The molecule has 30 heavy (non-hydrogen) atoms. The van der Waals surface area contributed by atoms with E-state index in [1.165, 1.54) is 83.5 Å². The SMILES string of the molecule is CCCCCCCCCCCCCCCCC(C)(CCO)OO[Si](C)(C)C(C)(C)C. The number of aliphatic hydroxyl groups is 1. The molecule has 1 unspecified atom stereocenters. The van der Waals surface area contributed by atoms with Crippen LogP contribution in [0.3, 0.4) is 0 Å². The molecule has 0 aromatic carbocycles. The Morgan fingerprint density at radius 1 is 0.633 bits per heavy atom. The molecule has 0 bridgehead atoms. The number of rotatable bonds is 20. The van der Waals surface area contributed by atoms with Crippen LogP contribution in [0.15, 0.2) is 0 Å². The summed E-state index contributed by atoms with van der Waals surface area (Å²) in [4.78, 5) is 5.98. The second kappa shape index (κ2) is 16.7. The molecular weight excluding hydrogens is 388 g/mol. The third-order valence-electron chi connectivity index (χ3n) is 6.96. The lowest BCUT2D eigenvalue weighted by atomic mass is 9.94. The minimum atomic E-state index is -1.94. The molecule has 182 valence electrons. The third kappa shape index (κ3) is 15.0. The highest BCUT2D eigenvalue weighted by atomic mass is 28.4. The molecule has 0 amide bonds. The van der Waals surface area contributed by atoms with Crippen molar-refractivity contribution in [2.45, 2.75) is 161 Å². The van der Waals surface area contributed by atoms with E-state index in [-0.39, 0.29) is 17.2 Å².